The summed E-state index contributed by atoms with van der Waals surface area (Å²) in [6.07, 6.45) is 1.15. The van der Waals surface area contributed by atoms with Gasteiger partial charge >= 0.3 is 0 Å². The largest absolute Gasteiger partial charge is 0.367 e. The SMILES string of the molecule is CCON(/N=C/c1c(F)cccc1Cl)C(=N)N. The minimum atomic E-state index is -0.513. The van der Waals surface area contributed by atoms with Crippen LogP contribution in [0.25, 0.3) is 0 Å². The van der Waals surface area contributed by atoms with Crippen molar-refractivity contribution < 1.29 is 9.23 Å². The second kappa shape index (κ2) is 6.17. The number of halogens is 2. The molecule has 17 heavy (non-hydrogen) atoms. The van der Waals surface area contributed by atoms with E-state index in [0.717, 1.165) is 11.4 Å². The summed E-state index contributed by atoms with van der Waals surface area (Å²) >= 11 is 5.79. The summed E-state index contributed by atoms with van der Waals surface area (Å²) < 4.78 is 13.4. The van der Waals surface area contributed by atoms with Crippen LogP contribution in [0.5, 0.6) is 0 Å². The minimum Gasteiger partial charge on any atom is -0.367 e. The van der Waals surface area contributed by atoms with Crippen molar-refractivity contribution >= 4 is 23.8 Å². The summed E-state index contributed by atoms with van der Waals surface area (Å²) in [5.41, 5.74) is 5.32. The van der Waals surface area contributed by atoms with Crippen molar-refractivity contribution in [2.75, 3.05) is 6.61 Å². The lowest BCUT2D eigenvalue weighted by Gasteiger charge is -2.14. The average molecular weight is 259 g/mol. The lowest BCUT2D eigenvalue weighted by molar-refractivity contribution is -0.0937. The van der Waals surface area contributed by atoms with Crippen LogP contribution in [-0.2, 0) is 4.84 Å². The Labute approximate surface area is 103 Å². The van der Waals surface area contributed by atoms with Gasteiger partial charge < -0.3 is 5.73 Å². The molecule has 7 heteroatoms. The molecule has 1 rings (SSSR count). The van der Waals surface area contributed by atoms with E-state index >= 15 is 0 Å². The number of nitrogens with one attached hydrogen (secondary N) is 1. The smallest absolute Gasteiger partial charge is 0.236 e. The maximum atomic E-state index is 13.4. The first kappa shape index (κ1) is 13.4. The molecule has 0 aliphatic rings. The quantitative estimate of drug-likeness (QED) is 0.492. The highest BCUT2D eigenvalue weighted by Gasteiger charge is 2.07. The lowest BCUT2D eigenvalue weighted by Crippen LogP contribution is -2.32. The van der Waals surface area contributed by atoms with Gasteiger partial charge in [0.15, 0.2) is 0 Å². The first-order valence-electron chi connectivity index (χ1n) is 4.81. The van der Waals surface area contributed by atoms with Crippen LogP contribution in [0.15, 0.2) is 23.3 Å². The van der Waals surface area contributed by atoms with Crippen LogP contribution in [0, 0.1) is 11.2 Å². The molecule has 0 radical (unpaired) electrons. The Morgan fingerprint density at radius 3 is 2.94 bits per heavy atom. The Bertz CT molecular complexity index is 418. The Hall–Kier alpha value is -1.66. The highest BCUT2D eigenvalue weighted by Crippen LogP contribution is 2.16. The third kappa shape index (κ3) is 3.69. The summed E-state index contributed by atoms with van der Waals surface area (Å²) in [5, 5.41) is 11.9. The molecule has 0 saturated heterocycles. The number of hydrogen-bond acceptors (Lipinski definition) is 3. The zero-order chi connectivity index (χ0) is 12.8. The van der Waals surface area contributed by atoms with Gasteiger partial charge in [0.05, 0.1) is 17.8 Å². The summed E-state index contributed by atoms with van der Waals surface area (Å²) in [4.78, 5) is 4.93. The molecule has 1 aromatic carbocycles. The van der Waals surface area contributed by atoms with E-state index in [0.29, 0.717) is 0 Å². The summed E-state index contributed by atoms with van der Waals surface area (Å²) in [5.74, 6) is -0.920. The third-order valence-corrected chi connectivity index (χ3v) is 2.08. The van der Waals surface area contributed by atoms with Gasteiger partial charge in [-0.3, -0.25) is 5.41 Å². The molecule has 1 aromatic rings. The Kier molecular flexibility index (Phi) is 4.86. The van der Waals surface area contributed by atoms with E-state index in [2.05, 4.69) is 5.10 Å². The number of nitrogens with two attached hydrogens (primary N) is 1. The second-order valence-electron chi connectivity index (χ2n) is 2.96. The van der Waals surface area contributed by atoms with Gasteiger partial charge in [-0.25, -0.2) is 9.23 Å². The van der Waals surface area contributed by atoms with Gasteiger partial charge in [0.1, 0.15) is 5.82 Å². The third-order valence-electron chi connectivity index (χ3n) is 1.75. The van der Waals surface area contributed by atoms with Crippen molar-refractivity contribution in [3.05, 3.63) is 34.6 Å². The number of hydrazone groups is 1. The van der Waals surface area contributed by atoms with Crippen molar-refractivity contribution in [2.24, 2.45) is 10.8 Å². The van der Waals surface area contributed by atoms with E-state index in [1.165, 1.54) is 18.2 Å². The van der Waals surface area contributed by atoms with E-state index in [9.17, 15) is 4.39 Å². The molecule has 0 atom stereocenters. The number of hydroxylamine groups is 1. The molecular weight excluding hydrogens is 247 g/mol. The second-order valence-corrected chi connectivity index (χ2v) is 3.36. The van der Waals surface area contributed by atoms with E-state index in [1.54, 1.807) is 6.92 Å². The maximum absolute atomic E-state index is 13.4. The fourth-order valence-corrected chi connectivity index (χ4v) is 1.24. The molecule has 3 N–H and O–H groups in total. The van der Waals surface area contributed by atoms with E-state index < -0.39 is 11.8 Å². The molecule has 0 aromatic heterocycles. The predicted molar refractivity (Wildman–Crippen MR) is 64.4 cm³/mol. The van der Waals surface area contributed by atoms with Crippen LogP contribution >= 0.6 is 11.6 Å². The summed E-state index contributed by atoms with van der Waals surface area (Å²) in [6, 6.07) is 4.27. The topological polar surface area (TPSA) is 74.7 Å². The van der Waals surface area contributed by atoms with Crippen LogP contribution in [0.2, 0.25) is 5.02 Å². The molecule has 0 unspecified atom stereocenters. The number of guanidine groups is 1. The van der Waals surface area contributed by atoms with Gasteiger partial charge in [-0.1, -0.05) is 17.7 Å². The first-order chi connectivity index (χ1) is 8.06. The fourth-order valence-electron chi connectivity index (χ4n) is 1.03. The minimum absolute atomic E-state index is 0.111. The van der Waals surface area contributed by atoms with Crippen molar-refractivity contribution in [1.29, 1.82) is 5.41 Å². The van der Waals surface area contributed by atoms with E-state index in [4.69, 9.17) is 27.6 Å². The molecule has 0 bridgehead atoms. The molecule has 0 amide bonds. The fraction of sp³-hybridized carbons (Fsp3) is 0.200. The van der Waals surface area contributed by atoms with Gasteiger partial charge in [-0.15, -0.1) is 5.17 Å². The standard InChI is InChI=1S/C10H12ClFN4O/c1-2-17-16(10(13)14)15-6-7-8(11)4-3-5-9(7)12/h3-6H,2H2,1H3,(H3,13,14)/b15-6+. The van der Waals surface area contributed by atoms with Crippen molar-refractivity contribution in [3.63, 3.8) is 0 Å². The van der Waals surface area contributed by atoms with Gasteiger partial charge in [-0.05, 0) is 19.1 Å². The summed E-state index contributed by atoms with van der Waals surface area (Å²) in [6.45, 7) is 1.99. The molecule has 5 nitrogen and oxygen atoms in total. The Balaban J connectivity index is 2.92. The molecule has 0 heterocycles. The van der Waals surface area contributed by atoms with Crippen molar-refractivity contribution in [3.8, 4) is 0 Å². The van der Waals surface area contributed by atoms with Crippen LogP contribution < -0.4 is 5.73 Å². The highest BCUT2D eigenvalue weighted by atomic mass is 35.5. The molecule has 0 spiro atoms. The van der Waals surface area contributed by atoms with Gasteiger partial charge in [0.25, 0.3) is 0 Å². The average Bonchev–Trinajstić information content (AvgIpc) is 2.26. The summed E-state index contributed by atoms with van der Waals surface area (Å²) in [7, 11) is 0. The van der Waals surface area contributed by atoms with Crippen LogP contribution in [0.1, 0.15) is 12.5 Å². The first-order valence-corrected chi connectivity index (χ1v) is 5.19. The van der Waals surface area contributed by atoms with Gasteiger partial charge in [0, 0.05) is 5.56 Å². The molecular formula is C10H12ClFN4O. The zero-order valence-corrected chi connectivity index (χ0v) is 9.91. The molecule has 0 aliphatic carbocycles. The molecule has 92 valence electrons. The number of hydrogen-bond donors (Lipinski definition) is 2. The predicted octanol–water partition coefficient (Wildman–Crippen LogP) is 1.96. The van der Waals surface area contributed by atoms with Crippen LogP contribution in [0.4, 0.5) is 4.39 Å². The van der Waals surface area contributed by atoms with Gasteiger partial charge in [0.2, 0.25) is 5.96 Å². The number of benzene rings is 1. The van der Waals surface area contributed by atoms with Crippen molar-refractivity contribution in [1.82, 2.24) is 5.17 Å². The van der Waals surface area contributed by atoms with Crippen LogP contribution in [-0.4, -0.2) is 24.0 Å². The monoisotopic (exact) mass is 258 g/mol. The number of rotatable bonds is 4. The Morgan fingerprint density at radius 1 is 1.71 bits per heavy atom. The maximum Gasteiger partial charge on any atom is 0.236 e. The van der Waals surface area contributed by atoms with E-state index in [1.807, 2.05) is 0 Å². The highest BCUT2D eigenvalue weighted by molar-refractivity contribution is 6.33. The molecule has 0 saturated carbocycles. The molecule has 0 fully saturated rings. The van der Waals surface area contributed by atoms with Crippen LogP contribution in [0.3, 0.4) is 0 Å². The Morgan fingerprint density at radius 2 is 2.41 bits per heavy atom. The van der Waals surface area contributed by atoms with Crippen molar-refractivity contribution in [2.45, 2.75) is 6.92 Å². The van der Waals surface area contributed by atoms with Gasteiger partial charge in [-0.2, -0.15) is 5.10 Å². The normalized spacial score (nSPS) is 10.8. The van der Waals surface area contributed by atoms with E-state index in [-0.39, 0.29) is 17.2 Å². The number of nitrogens with zero attached hydrogens (tertiary/aromatic N) is 2. The molecule has 0 aliphatic heterocycles. The lowest BCUT2D eigenvalue weighted by atomic mass is 10.2. The zero-order valence-electron chi connectivity index (χ0n) is 9.15.